The van der Waals surface area contributed by atoms with Gasteiger partial charge in [0.05, 0.1) is 17.2 Å². The Morgan fingerprint density at radius 1 is 0.851 bits per heavy atom. The number of rotatable bonds is 15. The molecule has 0 spiro atoms. The summed E-state index contributed by atoms with van der Waals surface area (Å²) < 4.78 is 35.4. The van der Waals surface area contributed by atoms with Gasteiger partial charge in [0.2, 0.25) is 11.8 Å². The summed E-state index contributed by atoms with van der Waals surface area (Å²) in [4.78, 5) is 30.0. The van der Waals surface area contributed by atoms with Crippen LogP contribution in [0.15, 0.2) is 108 Å². The summed E-state index contributed by atoms with van der Waals surface area (Å²) in [5.41, 5.74) is 1.62. The first-order valence-electron chi connectivity index (χ1n) is 15.4. The second-order valence-electron chi connectivity index (χ2n) is 11.0. The molecule has 11 heteroatoms. The SMILES string of the molecule is CCOc1ccccc1N(CC(=O)N(Cc1ccccc1Cl)[C@@H](Cc1ccccc1)C(=O)N[C@@H](C)CC)S(=O)(=O)c1ccc(Cl)cc1. The number of para-hydroxylation sites is 2. The number of nitrogens with zero attached hydrogens (tertiary/aromatic N) is 2. The van der Waals surface area contributed by atoms with Crippen LogP contribution in [0.4, 0.5) is 5.69 Å². The monoisotopic (exact) mass is 695 g/mol. The highest BCUT2D eigenvalue weighted by Crippen LogP contribution is 2.33. The second-order valence-corrected chi connectivity index (χ2v) is 13.7. The average molecular weight is 697 g/mol. The van der Waals surface area contributed by atoms with Gasteiger partial charge in [-0.05, 0) is 73.9 Å². The summed E-state index contributed by atoms with van der Waals surface area (Å²) in [6.07, 6.45) is 0.877. The van der Waals surface area contributed by atoms with Gasteiger partial charge in [0.1, 0.15) is 18.3 Å². The maximum atomic E-state index is 14.7. The molecule has 4 aromatic rings. The summed E-state index contributed by atoms with van der Waals surface area (Å²) in [5.74, 6) is -0.673. The van der Waals surface area contributed by atoms with Crippen LogP contribution in [0.2, 0.25) is 10.0 Å². The van der Waals surface area contributed by atoms with Gasteiger partial charge in [-0.1, -0.05) is 90.8 Å². The van der Waals surface area contributed by atoms with Gasteiger partial charge >= 0.3 is 0 Å². The van der Waals surface area contributed by atoms with E-state index in [2.05, 4.69) is 5.32 Å². The fourth-order valence-electron chi connectivity index (χ4n) is 4.99. The first-order chi connectivity index (χ1) is 22.5. The number of benzene rings is 4. The van der Waals surface area contributed by atoms with Crippen LogP contribution in [-0.2, 0) is 32.6 Å². The van der Waals surface area contributed by atoms with Crippen molar-refractivity contribution in [1.82, 2.24) is 10.2 Å². The molecule has 0 aliphatic carbocycles. The van der Waals surface area contributed by atoms with Crippen LogP contribution in [-0.4, -0.2) is 50.4 Å². The smallest absolute Gasteiger partial charge is 0.264 e. The Kier molecular flexibility index (Phi) is 12.7. The van der Waals surface area contributed by atoms with Crippen LogP contribution < -0.4 is 14.4 Å². The van der Waals surface area contributed by atoms with E-state index in [1.54, 1.807) is 55.5 Å². The third-order valence-corrected chi connectivity index (χ3v) is 10.1. The van der Waals surface area contributed by atoms with E-state index < -0.39 is 28.5 Å². The molecule has 0 heterocycles. The number of carbonyl (C=O) groups excluding carboxylic acids is 2. The van der Waals surface area contributed by atoms with Crippen LogP contribution >= 0.6 is 23.2 Å². The molecule has 4 aromatic carbocycles. The van der Waals surface area contributed by atoms with Crippen molar-refractivity contribution in [3.05, 3.63) is 124 Å². The first-order valence-corrected chi connectivity index (χ1v) is 17.6. The Morgan fingerprint density at radius 3 is 2.15 bits per heavy atom. The lowest BCUT2D eigenvalue weighted by atomic mass is 10.0. The molecule has 0 radical (unpaired) electrons. The molecular weight excluding hydrogens is 657 g/mol. The number of ether oxygens (including phenoxy) is 1. The van der Waals surface area contributed by atoms with Gasteiger partial charge < -0.3 is 15.0 Å². The Labute approximate surface area is 287 Å². The zero-order valence-corrected chi connectivity index (χ0v) is 28.9. The van der Waals surface area contributed by atoms with Gasteiger partial charge in [-0.25, -0.2) is 8.42 Å². The van der Waals surface area contributed by atoms with Crippen molar-refractivity contribution in [3.63, 3.8) is 0 Å². The summed E-state index contributed by atoms with van der Waals surface area (Å²) in [6.45, 7) is 5.25. The number of nitrogens with one attached hydrogen (secondary N) is 1. The van der Waals surface area contributed by atoms with Gasteiger partial charge in [-0.15, -0.1) is 0 Å². The van der Waals surface area contributed by atoms with E-state index >= 15 is 0 Å². The van der Waals surface area contributed by atoms with Crippen LogP contribution in [0.25, 0.3) is 0 Å². The second kappa shape index (κ2) is 16.7. The number of hydrogen-bond acceptors (Lipinski definition) is 5. The van der Waals surface area contributed by atoms with Crippen molar-refractivity contribution >= 4 is 50.7 Å². The third-order valence-electron chi connectivity index (χ3n) is 7.68. The zero-order valence-electron chi connectivity index (χ0n) is 26.6. The number of halogens is 2. The maximum Gasteiger partial charge on any atom is 0.264 e. The van der Waals surface area contributed by atoms with Crippen molar-refractivity contribution in [3.8, 4) is 5.75 Å². The molecular formula is C36H39Cl2N3O5S. The Morgan fingerprint density at radius 2 is 1.49 bits per heavy atom. The largest absolute Gasteiger partial charge is 0.492 e. The van der Waals surface area contributed by atoms with Gasteiger partial charge in [-0.3, -0.25) is 13.9 Å². The van der Waals surface area contributed by atoms with E-state index in [4.69, 9.17) is 27.9 Å². The van der Waals surface area contributed by atoms with Crippen LogP contribution in [0, 0.1) is 0 Å². The summed E-state index contributed by atoms with van der Waals surface area (Å²) >= 11 is 12.7. The normalized spacial score (nSPS) is 12.5. The molecule has 0 saturated carbocycles. The molecule has 4 rings (SSSR count). The molecule has 2 amide bonds. The fourth-order valence-corrected chi connectivity index (χ4v) is 6.74. The van der Waals surface area contributed by atoms with Gasteiger partial charge in [-0.2, -0.15) is 0 Å². The fraction of sp³-hybridized carbons (Fsp3) is 0.278. The summed E-state index contributed by atoms with van der Waals surface area (Å²) in [5, 5.41) is 3.81. The Hall–Kier alpha value is -4.05. The van der Waals surface area contributed by atoms with Gasteiger partial charge in [0.15, 0.2) is 0 Å². The minimum atomic E-state index is -4.33. The molecule has 248 valence electrons. The van der Waals surface area contributed by atoms with Crippen LogP contribution in [0.1, 0.15) is 38.3 Å². The van der Waals surface area contributed by atoms with E-state index in [0.717, 1.165) is 9.87 Å². The summed E-state index contributed by atoms with van der Waals surface area (Å²) in [6, 6.07) is 27.6. The molecule has 0 fully saturated rings. The van der Waals surface area contributed by atoms with E-state index in [0.29, 0.717) is 22.0 Å². The lowest BCUT2D eigenvalue weighted by molar-refractivity contribution is -0.140. The van der Waals surface area contributed by atoms with Crippen molar-refractivity contribution in [2.75, 3.05) is 17.5 Å². The average Bonchev–Trinajstić information content (AvgIpc) is 3.07. The van der Waals surface area contributed by atoms with E-state index in [1.165, 1.54) is 29.2 Å². The number of anilines is 1. The van der Waals surface area contributed by atoms with Crippen molar-refractivity contribution < 1.29 is 22.7 Å². The highest BCUT2D eigenvalue weighted by atomic mass is 35.5. The highest BCUT2D eigenvalue weighted by molar-refractivity contribution is 7.92. The molecule has 8 nitrogen and oxygen atoms in total. The van der Waals surface area contributed by atoms with Crippen molar-refractivity contribution in [1.29, 1.82) is 0 Å². The predicted octanol–water partition coefficient (Wildman–Crippen LogP) is 7.14. The molecule has 0 bridgehead atoms. The Balaban J connectivity index is 1.85. The first kappa shape index (κ1) is 35.8. The number of amides is 2. The zero-order chi connectivity index (χ0) is 34.0. The van der Waals surface area contributed by atoms with E-state index in [-0.39, 0.29) is 47.9 Å². The molecule has 1 N–H and O–H groups in total. The van der Waals surface area contributed by atoms with E-state index in [1.807, 2.05) is 44.2 Å². The highest BCUT2D eigenvalue weighted by Gasteiger charge is 2.36. The molecule has 0 aromatic heterocycles. The minimum absolute atomic E-state index is 0.0358. The number of carbonyl (C=O) groups is 2. The maximum absolute atomic E-state index is 14.7. The standard InChI is InChI=1S/C36H39Cl2N3O5S/c1-4-26(3)39-36(43)33(23-27-13-7-6-8-14-27)40(24-28-15-9-10-16-31(28)38)35(42)25-41(32-17-11-12-18-34(32)46-5-2)47(44,45)30-21-19-29(37)20-22-30/h6-22,26,33H,4-5,23-25H2,1-3H3,(H,39,43)/t26-,33-/m0/s1. The molecule has 0 aliphatic heterocycles. The molecule has 0 aliphatic rings. The van der Waals surface area contributed by atoms with Crippen molar-refractivity contribution in [2.24, 2.45) is 0 Å². The molecule has 47 heavy (non-hydrogen) atoms. The number of hydrogen-bond donors (Lipinski definition) is 1. The minimum Gasteiger partial charge on any atom is -0.492 e. The third kappa shape index (κ3) is 9.28. The van der Waals surface area contributed by atoms with Crippen LogP contribution in [0.3, 0.4) is 0 Å². The van der Waals surface area contributed by atoms with Crippen molar-refractivity contribution in [2.45, 2.75) is 57.1 Å². The molecule has 0 unspecified atom stereocenters. The summed E-state index contributed by atoms with van der Waals surface area (Å²) in [7, 11) is -4.33. The quantitative estimate of drug-likeness (QED) is 0.143. The van der Waals surface area contributed by atoms with Gasteiger partial charge in [0.25, 0.3) is 10.0 Å². The predicted molar refractivity (Wildman–Crippen MR) is 187 cm³/mol. The number of sulfonamides is 1. The Bertz CT molecular complexity index is 1750. The topological polar surface area (TPSA) is 96.0 Å². The van der Waals surface area contributed by atoms with Crippen LogP contribution in [0.5, 0.6) is 5.75 Å². The molecule has 2 atom stereocenters. The van der Waals surface area contributed by atoms with Gasteiger partial charge in [0, 0.05) is 29.1 Å². The van der Waals surface area contributed by atoms with E-state index in [9.17, 15) is 18.0 Å². The lowest BCUT2D eigenvalue weighted by Gasteiger charge is -2.34. The molecule has 0 saturated heterocycles. The lowest BCUT2D eigenvalue weighted by Crippen LogP contribution is -2.54.